The number of para-hydroxylation sites is 1. The molecular weight excluding hydrogens is 354 g/mol. The number of ether oxygens (including phenoxy) is 1. The zero-order valence-electron chi connectivity index (χ0n) is 13.9. The first-order valence-electron chi connectivity index (χ1n) is 8.26. The predicted octanol–water partition coefficient (Wildman–Crippen LogP) is 1.59. The molecule has 0 aliphatic carbocycles. The van der Waals surface area contributed by atoms with Gasteiger partial charge in [-0.15, -0.1) is 11.3 Å². The minimum absolute atomic E-state index is 0.305. The highest BCUT2D eigenvalue weighted by atomic mass is 32.1. The average molecular weight is 371 g/mol. The van der Waals surface area contributed by atoms with Gasteiger partial charge in [-0.1, -0.05) is 24.3 Å². The molecule has 0 radical (unpaired) electrons. The van der Waals surface area contributed by atoms with Crippen LogP contribution in [0.2, 0.25) is 0 Å². The third-order valence-corrected chi connectivity index (χ3v) is 5.48. The lowest BCUT2D eigenvalue weighted by Gasteiger charge is -2.33. The molecule has 2 N–H and O–H groups in total. The molecule has 0 saturated carbocycles. The summed E-state index contributed by atoms with van der Waals surface area (Å²) in [5, 5.41) is 7.44. The smallest absolute Gasteiger partial charge is 0.325 e. The van der Waals surface area contributed by atoms with Crippen LogP contribution in [0, 0.1) is 0 Å². The Labute approximate surface area is 153 Å². The van der Waals surface area contributed by atoms with Gasteiger partial charge in [0.2, 0.25) is 5.91 Å². The van der Waals surface area contributed by atoms with Crippen LogP contribution in [0.15, 0.2) is 41.8 Å². The summed E-state index contributed by atoms with van der Waals surface area (Å²) in [5.41, 5.74) is -0.522. The van der Waals surface area contributed by atoms with E-state index in [1.165, 1.54) is 11.3 Å². The van der Waals surface area contributed by atoms with Crippen LogP contribution in [-0.2, 0) is 21.7 Å². The van der Waals surface area contributed by atoms with Crippen molar-refractivity contribution in [2.75, 3.05) is 13.2 Å². The Morgan fingerprint density at radius 1 is 1.27 bits per heavy atom. The standard InChI is InChI=1S/C18H17N3O4S/c22-15(19-10-12-4-3-9-26-12)11-21-16(23)18(20-17(21)24)7-8-25-14-6-2-1-5-13(14)18/h1-6,9H,7-8,10-11H2,(H,19,22)(H,20,24)/t18-/m1/s1. The van der Waals surface area contributed by atoms with Crippen molar-refractivity contribution in [3.05, 3.63) is 52.2 Å². The molecule has 2 aromatic rings. The maximum atomic E-state index is 13.0. The first kappa shape index (κ1) is 16.6. The van der Waals surface area contributed by atoms with Gasteiger partial charge in [0, 0.05) is 16.9 Å². The monoisotopic (exact) mass is 371 g/mol. The maximum absolute atomic E-state index is 13.0. The number of nitrogens with zero attached hydrogens (tertiary/aromatic N) is 1. The molecule has 4 rings (SSSR count). The summed E-state index contributed by atoms with van der Waals surface area (Å²) in [6.07, 6.45) is 0.335. The fourth-order valence-corrected chi connectivity index (χ4v) is 3.96. The first-order chi connectivity index (χ1) is 12.6. The molecule has 1 aromatic heterocycles. The van der Waals surface area contributed by atoms with E-state index >= 15 is 0 Å². The summed E-state index contributed by atoms with van der Waals surface area (Å²) in [6, 6.07) is 10.4. The van der Waals surface area contributed by atoms with Gasteiger partial charge in [0.15, 0.2) is 5.54 Å². The highest BCUT2D eigenvalue weighted by Gasteiger charge is 2.55. The van der Waals surface area contributed by atoms with Gasteiger partial charge in [-0.3, -0.25) is 14.5 Å². The van der Waals surface area contributed by atoms with Crippen LogP contribution < -0.4 is 15.4 Å². The summed E-state index contributed by atoms with van der Waals surface area (Å²) in [5.74, 6) is -0.208. The predicted molar refractivity (Wildman–Crippen MR) is 94.6 cm³/mol. The lowest BCUT2D eigenvalue weighted by atomic mass is 9.84. The normalized spacial score (nSPS) is 21.3. The van der Waals surface area contributed by atoms with Gasteiger partial charge in [0.25, 0.3) is 5.91 Å². The van der Waals surface area contributed by atoms with Crippen molar-refractivity contribution in [1.29, 1.82) is 0 Å². The number of rotatable bonds is 4. The zero-order chi connectivity index (χ0) is 18.1. The van der Waals surface area contributed by atoms with Crippen LogP contribution in [0.4, 0.5) is 4.79 Å². The van der Waals surface area contributed by atoms with E-state index in [-0.39, 0.29) is 12.5 Å². The van der Waals surface area contributed by atoms with Gasteiger partial charge in [0.1, 0.15) is 12.3 Å². The van der Waals surface area contributed by atoms with Crippen molar-refractivity contribution in [2.45, 2.75) is 18.5 Å². The average Bonchev–Trinajstić information content (AvgIpc) is 3.24. The lowest BCUT2D eigenvalue weighted by Crippen LogP contribution is -2.48. The summed E-state index contributed by atoms with van der Waals surface area (Å²) in [7, 11) is 0. The Hall–Kier alpha value is -2.87. The number of thiophene rings is 1. The third-order valence-electron chi connectivity index (χ3n) is 4.60. The van der Waals surface area contributed by atoms with Crippen LogP contribution in [-0.4, -0.2) is 35.9 Å². The van der Waals surface area contributed by atoms with Gasteiger partial charge in [-0.2, -0.15) is 0 Å². The largest absolute Gasteiger partial charge is 0.493 e. The number of benzene rings is 1. The fourth-order valence-electron chi connectivity index (χ4n) is 3.31. The molecule has 8 heteroatoms. The van der Waals surface area contributed by atoms with E-state index in [2.05, 4.69) is 10.6 Å². The highest BCUT2D eigenvalue weighted by Crippen LogP contribution is 2.40. The van der Waals surface area contributed by atoms with E-state index in [1.807, 2.05) is 23.6 Å². The Balaban J connectivity index is 1.50. The molecule has 1 atom stereocenters. The molecule has 0 bridgehead atoms. The Bertz CT molecular complexity index is 867. The second-order valence-corrected chi connectivity index (χ2v) is 7.21. The first-order valence-corrected chi connectivity index (χ1v) is 9.13. The topological polar surface area (TPSA) is 87.7 Å². The summed E-state index contributed by atoms with van der Waals surface area (Å²) >= 11 is 1.53. The molecular formula is C18H17N3O4S. The number of imide groups is 1. The molecule has 7 nitrogen and oxygen atoms in total. The van der Waals surface area contributed by atoms with Crippen LogP contribution in [0.1, 0.15) is 16.9 Å². The molecule has 134 valence electrons. The lowest BCUT2D eigenvalue weighted by molar-refractivity contribution is -0.136. The number of carbonyl (C=O) groups is 3. The van der Waals surface area contributed by atoms with Gasteiger partial charge in [-0.05, 0) is 17.5 Å². The van der Waals surface area contributed by atoms with E-state index in [0.717, 1.165) is 9.78 Å². The summed E-state index contributed by atoms with van der Waals surface area (Å²) < 4.78 is 5.59. The number of carbonyl (C=O) groups excluding carboxylic acids is 3. The molecule has 3 heterocycles. The van der Waals surface area contributed by atoms with E-state index in [4.69, 9.17) is 4.74 Å². The minimum Gasteiger partial charge on any atom is -0.493 e. The Morgan fingerprint density at radius 3 is 2.92 bits per heavy atom. The quantitative estimate of drug-likeness (QED) is 0.799. The number of fused-ring (bicyclic) bond motifs is 2. The van der Waals surface area contributed by atoms with Crippen molar-refractivity contribution in [3.63, 3.8) is 0 Å². The van der Waals surface area contributed by atoms with Crippen LogP contribution >= 0.6 is 11.3 Å². The molecule has 2 aliphatic rings. The second-order valence-electron chi connectivity index (χ2n) is 6.18. The highest BCUT2D eigenvalue weighted by molar-refractivity contribution is 7.09. The van der Waals surface area contributed by atoms with Crippen molar-refractivity contribution in [1.82, 2.24) is 15.5 Å². The van der Waals surface area contributed by atoms with Crippen molar-refractivity contribution in [2.24, 2.45) is 0 Å². The van der Waals surface area contributed by atoms with Gasteiger partial charge < -0.3 is 15.4 Å². The Morgan fingerprint density at radius 2 is 2.12 bits per heavy atom. The van der Waals surface area contributed by atoms with Crippen molar-refractivity contribution < 1.29 is 19.1 Å². The van der Waals surface area contributed by atoms with Gasteiger partial charge in [0.05, 0.1) is 13.2 Å². The van der Waals surface area contributed by atoms with E-state index in [0.29, 0.717) is 30.9 Å². The van der Waals surface area contributed by atoms with E-state index < -0.39 is 17.5 Å². The molecule has 2 aliphatic heterocycles. The van der Waals surface area contributed by atoms with Crippen LogP contribution in [0.25, 0.3) is 0 Å². The number of amides is 4. The van der Waals surface area contributed by atoms with Crippen molar-refractivity contribution >= 4 is 29.2 Å². The molecule has 1 spiro atoms. The molecule has 1 fully saturated rings. The number of hydrogen-bond acceptors (Lipinski definition) is 5. The fraction of sp³-hybridized carbons (Fsp3) is 0.278. The SMILES string of the molecule is O=C(CN1C(=O)N[C@@]2(CCOc3ccccc32)C1=O)NCc1cccs1. The van der Waals surface area contributed by atoms with Crippen LogP contribution in [0.3, 0.4) is 0 Å². The van der Waals surface area contributed by atoms with E-state index in [1.54, 1.807) is 18.2 Å². The zero-order valence-corrected chi connectivity index (χ0v) is 14.7. The molecule has 26 heavy (non-hydrogen) atoms. The van der Waals surface area contributed by atoms with Crippen molar-refractivity contribution in [3.8, 4) is 5.75 Å². The Kier molecular flexibility index (Phi) is 4.12. The summed E-state index contributed by atoms with van der Waals surface area (Å²) in [4.78, 5) is 39.6. The number of urea groups is 1. The molecule has 0 unspecified atom stereocenters. The van der Waals surface area contributed by atoms with E-state index in [9.17, 15) is 14.4 Å². The molecule has 1 saturated heterocycles. The van der Waals surface area contributed by atoms with Gasteiger partial charge in [-0.25, -0.2) is 4.79 Å². The second kappa shape index (κ2) is 6.45. The maximum Gasteiger partial charge on any atom is 0.325 e. The minimum atomic E-state index is -1.15. The van der Waals surface area contributed by atoms with Crippen LogP contribution in [0.5, 0.6) is 5.75 Å². The van der Waals surface area contributed by atoms with Gasteiger partial charge >= 0.3 is 6.03 Å². The summed E-state index contributed by atoms with van der Waals surface area (Å²) in [6.45, 7) is 0.393. The number of nitrogens with one attached hydrogen (secondary N) is 2. The number of hydrogen-bond donors (Lipinski definition) is 2. The third kappa shape index (κ3) is 2.72. The molecule has 1 aromatic carbocycles. The molecule has 4 amide bonds.